The summed E-state index contributed by atoms with van der Waals surface area (Å²) < 4.78 is 17.0. The lowest BCUT2D eigenvalue weighted by atomic mass is 9.77. The number of nitriles is 1. The zero-order valence-electron chi connectivity index (χ0n) is 13.9. The summed E-state index contributed by atoms with van der Waals surface area (Å²) >= 11 is 3.46. The van der Waals surface area contributed by atoms with Crippen molar-refractivity contribution in [2.45, 2.75) is 25.2 Å². The average molecular weight is 405 g/mol. The third-order valence-corrected chi connectivity index (χ3v) is 4.98. The molecular weight excluding hydrogens is 388 g/mol. The molecule has 1 aliphatic carbocycles. The molecule has 7 heteroatoms. The maximum Gasteiger partial charge on any atom is 0.205 e. The lowest BCUT2D eigenvalue weighted by molar-refractivity contribution is -0.116. The number of benzene rings is 1. The second kappa shape index (κ2) is 6.81. The Balaban J connectivity index is 2.23. The van der Waals surface area contributed by atoms with Gasteiger partial charge >= 0.3 is 0 Å². The normalized spacial score (nSPS) is 19.9. The first-order valence-electron chi connectivity index (χ1n) is 7.77. The molecular formula is C18H17BrN2O4. The highest BCUT2D eigenvalue weighted by Gasteiger charge is 2.38. The number of hydrogen-bond acceptors (Lipinski definition) is 6. The Morgan fingerprint density at radius 3 is 2.72 bits per heavy atom. The van der Waals surface area contributed by atoms with Crippen molar-refractivity contribution in [3.05, 3.63) is 45.0 Å². The van der Waals surface area contributed by atoms with Crippen molar-refractivity contribution < 1.29 is 19.0 Å². The topological polar surface area (TPSA) is 94.6 Å². The zero-order chi connectivity index (χ0) is 18.1. The van der Waals surface area contributed by atoms with Gasteiger partial charge in [-0.2, -0.15) is 5.26 Å². The van der Waals surface area contributed by atoms with E-state index >= 15 is 0 Å². The Labute approximate surface area is 154 Å². The minimum atomic E-state index is -0.572. The van der Waals surface area contributed by atoms with Crippen molar-refractivity contribution in [2.24, 2.45) is 5.73 Å². The molecule has 0 fully saturated rings. The van der Waals surface area contributed by atoms with Gasteiger partial charge in [-0.05, 0) is 40.0 Å². The van der Waals surface area contributed by atoms with E-state index in [9.17, 15) is 10.1 Å². The summed E-state index contributed by atoms with van der Waals surface area (Å²) in [7, 11) is 3.07. The molecule has 0 saturated heterocycles. The molecule has 6 nitrogen and oxygen atoms in total. The summed E-state index contributed by atoms with van der Waals surface area (Å²) in [4.78, 5) is 12.6. The van der Waals surface area contributed by atoms with Crippen LogP contribution in [0.5, 0.6) is 11.5 Å². The van der Waals surface area contributed by atoms with Gasteiger partial charge in [-0.25, -0.2) is 0 Å². The van der Waals surface area contributed by atoms with Gasteiger partial charge in [0.05, 0.1) is 24.6 Å². The fourth-order valence-corrected chi connectivity index (χ4v) is 3.92. The predicted octanol–water partition coefficient (Wildman–Crippen LogP) is 3.28. The summed E-state index contributed by atoms with van der Waals surface area (Å²) in [6.07, 6.45) is 1.78. The van der Waals surface area contributed by atoms with E-state index in [4.69, 9.17) is 19.9 Å². The summed E-state index contributed by atoms with van der Waals surface area (Å²) in [6.45, 7) is 0. The van der Waals surface area contributed by atoms with Gasteiger partial charge in [0.2, 0.25) is 5.88 Å². The lowest BCUT2D eigenvalue weighted by Gasteiger charge is -2.31. The molecule has 0 spiro atoms. The molecule has 0 saturated carbocycles. The Kier molecular flexibility index (Phi) is 4.73. The highest BCUT2D eigenvalue weighted by Crippen LogP contribution is 2.46. The number of nitrogens with zero attached hydrogens (tertiary/aromatic N) is 1. The molecule has 1 aliphatic heterocycles. The predicted molar refractivity (Wildman–Crippen MR) is 93.8 cm³/mol. The van der Waals surface area contributed by atoms with Crippen molar-refractivity contribution in [2.75, 3.05) is 14.2 Å². The number of rotatable bonds is 3. The molecule has 0 amide bonds. The van der Waals surface area contributed by atoms with Crippen LogP contribution >= 0.6 is 15.9 Å². The van der Waals surface area contributed by atoms with Gasteiger partial charge < -0.3 is 19.9 Å². The summed E-state index contributed by atoms with van der Waals surface area (Å²) in [6, 6.07) is 5.67. The van der Waals surface area contributed by atoms with E-state index in [-0.39, 0.29) is 17.2 Å². The summed E-state index contributed by atoms with van der Waals surface area (Å²) in [5.74, 6) is 1.06. The highest BCUT2D eigenvalue weighted by molar-refractivity contribution is 9.10. The number of ketones is 1. The first kappa shape index (κ1) is 17.4. The Bertz CT molecular complexity index is 851. The van der Waals surface area contributed by atoms with Gasteiger partial charge in [-0.3, -0.25) is 4.79 Å². The number of hydrogen-bond donors (Lipinski definition) is 1. The van der Waals surface area contributed by atoms with Crippen LogP contribution in [0.4, 0.5) is 0 Å². The van der Waals surface area contributed by atoms with Gasteiger partial charge in [0, 0.05) is 18.4 Å². The van der Waals surface area contributed by atoms with E-state index < -0.39 is 5.92 Å². The van der Waals surface area contributed by atoms with Crippen LogP contribution in [0.3, 0.4) is 0 Å². The average Bonchev–Trinajstić information content (AvgIpc) is 2.60. The zero-order valence-corrected chi connectivity index (χ0v) is 15.5. The van der Waals surface area contributed by atoms with E-state index in [1.807, 2.05) is 6.07 Å². The molecule has 0 aromatic heterocycles. The Morgan fingerprint density at radius 2 is 2.08 bits per heavy atom. The number of methoxy groups -OCH3 is 2. The second-order valence-corrected chi connectivity index (χ2v) is 6.63. The first-order chi connectivity index (χ1) is 12.0. The molecule has 1 unspecified atom stereocenters. The number of Topliss-reactive ketones (excluding diaryl/α,β-unsaturated/α-hetero) is 1. The van der Waals surface area contributed by atoms with Crippen LogP contribution in [0.2, 0.25) is 0 Å². The molecule has 0 bridgehead atoms. The SMILES string of the molecule is COc1cc(C2C(C#N)=C(N)OC3=C2C(=O)CCC3)cc(Br)c1OC. The molecule has 2 aliphatic rings. The van der Waals surface area contributed by atoms with Gasteiger partial charge in [0.15, 0.2) is 17.3 Å². The van der Waals surface area contributed by atoms with Crippen LogP contribution in [0, 0.1) is 11.3 Å². The molecule has 25 heavy (non-hydrogen) atoms. The number of carbonyl (C=O) groups excluding carboxylic acids is 1. The lowest BCUT2D eigenvalue weighted by Crippen LogP contribution is -2.27. The maximum absolute atomic E-state index is 12.6. The van der Waals surface area contributed by atoms with Crippen molar-refractivity contribution in [3.8, 4) is 17.6 Å². The standard InChI is InChI=1S/C18H17BrN2O4/c1-23-14-7-9(6-11(19)17(14)24-2)15-10(8-20)18(21)25-13-5-3-4-12(22)16(13)15/h6-7,15H,3-5,21H2,1-2H3. The monoisotopic (exact) mass is 404 g/mol. The number of allylic oxidation sites excluding steroid dienone is 3. The van der Waals surface area contributed by atoms with Gasteiger partial charge in [0.1, 0.15) is 17.4 Å². The second-order valence-electron chi connectivity index (χ2n) is 5.78. The summed E-state index contributed by atoms with van der Waals surface area (Å²) in [5.41, 5.74) is 7.41. The molecule has 1 aromatic carbocycles. The molecule has 0 radical (unpaired) electrons. The minimum Gasteiger partial charge on any atom is -0.493 e. The number of ether oxygens (including phenoxy) is 3. The van der Waals surface area contributed by atoms with E-state index in [1.165, 1.54) is 7.11 Å². The fraction of sp³-hybridized carbons (Fsp3) is 0.333. The number of carbonyl (C=O) groups is 1. The largest absolute Gasteiger partial charge is 0.493 e. The van der Waals surface area contributed by atoms with Gasteiger partial charge in [-0.15, -0.1) is 0 Å². The van der Waals surface area contributed by atoms with Crippen LogP contribution in [-0.4, -0.2) is 20.0 Å². The molecule has 2 N–H and O–H groups in total. The van der Waals surface area contributed by atoms with Crippen molar-refractivity contribution in [1.29, 1.82) is 5.26 Å². The Hall–Kier alpha value is -2.46. The third-order valence-electron chi connectivity index (χ3n) is 4.39. The smallest absolute Gasteiger partial charge is 0.205 e. The van der Waals surface area contributed by atoms with E-state index in [2.05, 4.69) is 22.0 Å². The first-order valence-corrected chi connectivity index (χ1v) is 8.56. The van der Waals surface area contributed by atoms with Gasteiger partial charge in [-0.1, -0.05) is 0 Å². The number of halogens is 1. The fourth-order valence-electron chi connectivity index (χ4n) is 3.29. The Morgan fingerprint density at radius 1 is 1.32 bits per heavy atom. The maximum atomic E-state index is 12.6. The molecule has 1 heterocycles. The molecule has 3 rings (SSSR count). The van der Waals surface area contributed by atoms with Crippen molar-refractivity contribution in [1.82, 2.24) is 0 Å². The van der Waals surface area contributed by atoms with E-state index in [0.29, 0.717) is 40.1 Å². The van der Waals surface area contributed by atoms with Gasteiger partial charge in [0.25, 0.3) is 0 Å². The van der Waals surface area contributed by atoms with Crippen LogP contribution in [0.1, 0.15) is 30.7 Å². The van der Waals surface area contributed by atoms with Crippen molar-refractivity contribution in [3.63, 3.8) is 0 Å². The van der Waals surface area contributed by atoms with Crippen LogP contribution in [0.25, 0.3) is 0 Å². The van der Waals surface area contributed by atoms with Crippen LogP contribution in [0.15, 0.2) is 39.4 Å². The molecule has 1 atom stereocenters. The van der Waals surface area contributed by atoms with Crippen molar-refractivity contribution >= 4 is 21.7 Å². The van der Waals surface area contributed by atoms with Crippen LogP contribution in [-0.2, 0) is 9.53 Å². The minimum absolute atomic E-state index is 0.0163. The quantitative estimate of drug-likeness (QED) is 0.830. The van der Waals surface area contributed by atoms with E-state index in [0.717, 1.165) is 12.0 Å². The number of nitrogens with two attached hydrogens (primary N) is 1. The third kappa shape index (κ3) is 2.87. The van der Waals surface area contributed by atoms with Crippen LogP contribution < -0.4 is 15.2 Å². The molecule has 130 valence electrons. The molecule has 1 aromatic rings. The summed E-state index contributed by atoms with van der Waals surface area (Å²) in [5, 5.41) is 9.60. The van der Waals surface area contributed by atoms with E-state index in [1.54, 1.807) is 13.2 Å². The highest BCUT2D eigenvalue weighted by atomic mass is 79.9.